The van der Waals surface area contributed by atoms with Crippen molar-refractivity contribution in [2.45, 2.75) is 39.0 Å². The highest BCUT2D eigenvalue weighted by Gasteiger charge is 2.19. The van der Waals surface area contributed by atoms with Crippen molar-refractivity contribution in [3.63, 3.8) is 0 Å². The number of ether oxygens (including phenoxy) is 1. The Morgan fingerprint density at radius 3 is 2.52 bits per heavy atom. The lowest BCUT2D eigenvalue weighted by molar-refractivity contribution is 0.124. The van der Waals surface area contributed by atoms with Crippen molar-refractivity contribution in [1.29, 1.82) is 0 Å². The Bertz CT molecular complexity index is 507. The molecular weight excluding hydrogens is 266 g/mol. The third-order valence-corrected chi connectivity index (χ3v) is 3.47. The first-order valence-electron chi connectivity index (χ1n) is 7.41. The molecule has 0 spiro atoms. The molecule has 0 fully saturated rings. The second-order valence-electron chi connectivity index (χ2n) is 4.92. The van der Waals surface area contributed by atoms with Crippen molar-refractivity contribution >= 4 is 0 Å². The van der Waals surface area contributed by atoms with Gasteiger partial charge in [-0.2, -0.15) is 0 Å². The minimum absolute atomic E-state index is 0.0203. The molecule has 21 heavy (non-hydrogen) atoms. The molecule has 1 aromatic heterocycles. The fraction of sp³-hybridized carbons (Fsp3) is 0.412. The zero-order valence-corrected chi connectivity index (χ0v) is 12.6. The summed E-state index contributed by atoms with van der Waals surface area (Å²) < 4.78 is 10.7. The van der Waals surface area contributed by atoms with Crippen LogP contribution in [0.15, 0.2) is 47.1 Å². The molecule has 1 heterocycles. The van der Waals surface area contributed by atoms with E-state index in [1.165, 1.54) is 0 Å². The highest BCUT2D eigenvalue weighted by Crippen LogP contribution is 2.22. The molecule has 0 aliphatic rings. The van der Waals surface area contributed by atoms with Crippen LogP contribution in [-0.4, -0.2) is 17.8 Å². The van der Waals surface area contributed by atoms with Crippen LogP contribution in [0.1, 0.15) is 37.7 Å². The monoisotopic (exact) mass is 289 g/mol. The van der Waals surface area contributed by atoms with E-state index in [0.29, 0.717) is 13.2 Å². The van der Waals surface area contributed by atoms with Crippen LogP contribution in [0.5, 0.6) is 5.75 Å². The Morgan fingerprint density at radius 1 is 1.19 bits per heavy atom. The molecule has 2 aromatic rings. The number of rotatable bonds is 8. The van der Waals surface area contributed by atoms with Crippen LogP contribution in [0.2, 0.25) is 0 Å². The second-order valence-corrected chi connectivity index (χ2v) is 4.92. The lowest BCUT2D eigenvalue weighted by atomic mass is 10.00. The van der Waals surface area contributed by atoms with Gasteiger partial charge in [-0.05, 0) is 43.2 Å². The summed E-state index contributed by atoms with van der Waals surface area (Å²) in [5.74, 6) is 1.69. The van der Waals surface area contributed by atoms with Gasteiger partial charge in [0, 0.05) is 6.04 Å². The molecule has 2 rings (SSSR count). The molecule has 4 heteroatoms. The Labute approximate surface area is 125 Å². The quantitative estimate of drug-likeness (QED) is 0.783. The number of aliphatic hydroxyl groups is 1. The minimum atomic E-state index is -0.555. The molecule has 1 aromatic carbocycles. The highest BCUT2D eigenvalue weighted by atomic mass is 16.5. The van der Waals surface area contributed by atoms with Gasteiger partial charge in [-0.15, -0.1) is 0 Å². The fourth-order valence-corrected chi connectivity index (χ4v) is 2.28. The van der Waals surface area contributed by atoms with Gasteiger partial charge in [-0.3, -0.25) is 0 Å². The molecule has 0 aliphatic heterocycles. The van der Waals surface area contributed by atoms with Gasteiger partial charge in [-0.1, -0.05) is 19.1 Å². The summed E-state index contributed by atoms with van der Waals surface area (Å²) in [6.07, 6.45) is 1.93. The SMILES string of the molecule is CCOc1ccc(C(O)C(CC)NCc2ccco2)cc1. The summed E-state index contributed by atoms with van der Waals surface area (Å²) in [5.41, 5.74) is 0.886. The van der Waals surface area contributed by atoms with E-state index in [4.69, 9.17) is 9.15 Å². The summed E-state index contributed by atoms with van der Waals surface area (Å²) >= 11 is 0. The van der Waals surface area contributed by atoms with Gasteiger partial charge in [0.15, 0.2) is 0 Å². The predicted octanol–water partition coefficient (Wildman–Crippen LogP) is 3.28. The third kappa shape index (κ3) is 4.34. The van der Waals surface area contributed by atoms with Crippen molar-refractivity contribution in [2.24, 2.45) is 0 Å². The lowest BCUT2D eigenvalue weighted by Crippen LogP contribution is -2.33. The van der Waals surface area contributed by atoms with Crippen molar-refractivity contribution < 1.29 is 14.3 Å². The first-order chi connectivity index (χ1) is 10.2. The maximum atomic E-state index is 10.5. The van der Waals surface area contributed by atoms with Crippen LogP contribution >= 0.6 is 0 Å². The van der Waals surface area contributed by atoms with E-state index in [1.54, 1.807) is 6.26 Å². The van der Waals surface area contributed by atoms with Crippen molar-refractivity contribution in [1.82, 2.24) is 5.32 Å². The van der Waals surface area contributed by atoms with Crippen LogP contribution in [0, 0.1) is 0 Å². The van der Waals surface area contributed by atoms with E-state index in [0.717, 1.165) is 23.5 Å². The average molecular weight is 289 g/mol. The van der Waals surface area contributed by atoms with Crippen LogP contribution < -0.4 is 10.1 Å². The Kier molecular flexibility index (Phi) is 5.84. The van der Waals surface area contributed by atoms with Gasteiger partial charge < -0.3 is 19.6 Å². The molecule has 0 saturated heterocycles. The first kappa shape index (κ1) is 15.6. The Morgan fingerprint density at radius 2 is 1.95 bits per heavy atom. The summed E-state index contributed by atoms with van der Waals surface area (Å²) in [7, 11) is 0. The van der Waals surface area contributed by atoms with Crippen LogP contribution in [0.25, 0.3) is 0 Å². The maximum Gasteiger partial charge on any atom is 0.119 e. The van der Waals surface area contributed by atoms with Gasteiger partial charge in [-0.25, -0.2) is 0 Å². The van der Waals surface area contributed by atoms with Crippen LogP contribution in [0.4, 0.5) is 0 Å². The molecular formula is C17H23NO3. The molecule has 0 bridgehead atoms. The van der Waals surface area contributed by atoms with E-state index in [2.05, 4.69) is 12.2 Å². The standard InChI is InChI=1S/C17H23NO3/c1-3-16(18-12-15-6-5-11-21-15)17(19)13-7-9-14(10-8-13)20-4-2/h5-11,16-19H,3-4,12H2,1-2H3. The smallest absolute Gasteiger partial charge is 0.119 e. The molecule has 0 radical (unpaired) electrons. The van der Waals surface area contributed by atoms with Gasteiger partial charge in [0.25, 0.3) is 0 Å². The topological polar surface area (TPSA) is 54.6 Å². The predicted molar refractivity (Wildman–Crippen MR) is 82.2 cm³/mol. The van der Waals surface area contributed by atoms with Crippen LogP contribution in [0.3, 0.4) is 0 Å². The number of nitrogens with one attached hydrogen (secondary N) is 1. The maximum absolute atomic E-state index is 10.5. The van der Waals surface area contributed by atoms with Crippen molar-refractivity contribution in [3.8, 4) is 5.75 Å². The molecule has 114 valence electrons. The molecule has 0 amide bonds. The van der Waals surface area contributed by atoms with E-state index in [9.17, 15) is 5.11 Å². The molecule has 2 N–H and O–H groups in total. The Balaban J connectivity index is 1.96. The van der Waals surface area contributed by atoms with Crippen molar-refractivity contribution in [2.75, 3.05) is 6.61 Å². The van der Waals surface area contributed by atoms with Gasteiger partial charge in [0.2, 0.25) is 0 Å². The molecule has 0 saturated carbocycles. The molecule has 2 unspecified atom stereocenters. The fourth-order valence-electron chi connectivity index (χ4n) is 2.28. The largest absolute Gasteiger partial charge is 0.494 e. The average Bonchev–Trinajstić information content (AvgIpc) is 3.02. The minimum Gasteiger partial charge on any atom is -0.494 e. The number of hydrogen-bond donors (Lipinski definition) is 2. The highest BCUT2D eigenvalue weighted by molar-refractivity contribution is 5.29. The zero-order valence-electron chi connectivity index (χ0n) is 12.6. The summed E-state index contributed by atoms with van der Waals surface area (Å²) in [4.78, 5) is 0. The van der Waals surface area contributed by atoms with E-state index in [1.807, 2.05) is 43.3 Å². The first-order valence-corrected chi connectivity index (χ1v) is 7.41. The second kappa shape index (κ2) is 7.86. The van der Waals surface area contributed by atoms with E-state index in [-0.39, 0.29) is 6.04 Å². The van der Waals surface area contributed by atoms with Gasteiger partial charge in [0.1, 0.15) is 11.5 Å². The third-order valence-electron chi connectivity index (χ3n) is 3.47. The zero-order chi connectivity index (χ0) is 15.1. The van der Waals surface area contributed by atoms with E-state index < -0.39 is 6.10 Å². The number of furan rings is 1. The van der Waals surface area contributed by atoms with Crippen LogP contribution in [-0.2, 0) is 6.54 Å². The molecule has 4 nitrogen and oxygen atoms in total. The number of hydrogen-bond acceptors (Lipinski definition) is 4. The normalized spacial score (nSPS) is 13.9. The lowest BCUT2D eigenvalue weighted by Gasteiger charge is -2.23. The number of benzene rings is 1. The summed E-state index contributed by atoms with van der Waals surface area (Å²) in [6, 6.07) is 11.4. The van der Waals surface area contributed by atoms with Gasteiger partial charge >= 0.3 is 0 Å². The summed E-state index contributed by atoms with van der Waals surface area (Å²) in [5, 5.41) is 13.8. The number of aliphatic hydroxyl groups excluding tert-OH is 1. The molecule has 2 atom stereocenters. The molecule has 0 aliphatic carbocycles. The Hall–Kier alpha value is -1.78. The van der Waals surface area contributed by atoms with Gasteiger partial charge in [0.05, 0.1) is 25.5 Å². The van der Waals surface area contributed by atoms with Crippen molar-refractivity contribution in [3.05, 3.63) is 54.0 Å². The summed E-state index contributed by atoms with van der Waals surface area (Å²) in [6.45, 7) is 5.26. The van der Waals surface area contributed by atoms with E-state index >= 15 is 0 Å².